The molecule has 0 rings (SSSR count). The minimum atomic E-state index is 0. The third-order valence-corrected chi connectivity index (χ3v) is 0. The van der Waals surface area contributed by atoms with Gasteiger partial charge in [-0.15, -0.1) is 0 Å². The Morgan fingerprint density at radius 2 is 0.667 bits per heavy atom. The van der Waals surface area contributed by atoms with Crippen LogP contribution >= 0.6 is 0 Å². The number of rotatable bonds is 0. The molecule has 0 spiro atoms. The topological polar surface area (TPSA) is 0 Å². The fourth-order valence-electron chi connectivity index (χ4n) is 0. The quantitative estimate of drug-likeness (QED) is 0.400. The number of hydrogen-bond donors (Lipinski definition) is 0. The molecular formula is H4B2Fe2Nd2. The van der Waals surface area contributed by atoms with Crippen LogP contribution < -0.4 is 0 Å². The van der Waals surface area contributed by atoms with E-state index in [1.165, 1.54) is 0 Å². The van der Waals surface area contributed by atoms with Crippen molar-refractivity contribution in [3.05, 3.63) is 0 Å². The van der Waals surface area contributed by atoms with Gasteiger partial charge in [-0.25, -0.2) is 0 Å². The maximum absolute atomic E-state index is 2.00. The molecule has 0 radical (unpaired) electrons. The first-order valence-corrected chi connectivity index (χ1v) is 1.00. The standard InChI is InChI=1S/B2H4.2Fe.2Nd/c1-2;;;;/h1-2H2;;;;. The molecule has 0 unspecified atom stereocenters. The van der Waals surface area contributed by atoms with Crippen LogP contribution in [0.5, 0.6) is 0 Å². The Kier molecular flexibility index (Phi) is 200. The Bertz CT molecular complexity index is 9.51. The van der Waals surface area contributed by atoms with Crippen molar-refractivity contribution in [3.63, 3.8) is 0 Å². The summed E-state index contributed by atoms with van der Waals surface area (Å²) in [7, 11) is 4.00. The van der Waals surface area contributed by atoms with Gasteiger partial charge in [0.2, 0.25) is 0 Å². The normalized spacial score (nSPS) is 0.667. The van der Waals surface area contributed by atoms with Crippen LogP contribution in [0.25, 0.3) is 0 Å². The van der Waals surface area contributed by atoms with Crippen molar-refractivity contribution >= 4 is 15.5 Å². The van der Waals surface area contributed by atoms with Crippen LogP contribution in [0, 0.1) is 81.7 Å². The molecule has 0 nitrogen and oxygen atoms in total. The first kappa shape index (κ1) is 32.7. The molecule has 0 atom stereocenters. The molecule has 34 valence electrons. The molecule has 0 bridgehead atoms. The number of hydrogen-bond acceptors (Lipinski definition) is 0. The van der Waals surface area contributed by atoms with Crippen molar-refractivity contribution in [3.8, 4) is 0 Å². The third kappa shape index (κ3) is 24.8. The van der Waals surface area contributed by atoms with Crippen molar-refractivity contribution < 1.29 is 116 Å². The van der Waals surface area contributed by atoms with E-state index in [9.17, 15) is 0 Å². The third-order valence-electron chi connectivity index (χ3n) is 0. The molecule has 0 N–H and O–H groups in total. The van der Waals surface area contributed by atoms with Crippen LogP contribution in [0.1, 0.15) is 0 Å². The second kappa shape index (κ2) is 36.7. The van der Waals surface area contributed by atoms with Gasteiger partial charge in [-0.2, -0.15) is 0 Å². The molecule has 0 saturated heterocycles. The van der Waals surface area contributed by atoms with E-state index in [1.807, 2.05) is 15.5 Å². The molecule has 0 aliphatic rings. The summed E-state index contributed by atoms with van der Waals surface area (Å²) in [4.78, 5) is 0. The minimum Gasteiger partial charge on any atom is 0 e. The van der Waals surface area contributed by atoms with E-state index in [2.05, 4.69) is 0 Å². The van der Waals surface area contributed by atoms with Gasteiger partial charge < -0.3 is 0 Å². The van der Waals surface area contributed by atoms with Gasteiger partial charge in [0.25, 0.3) is 0 Å². The fourth-order valence-corrected chi connectivity index (χ4v) is 0. The Balaban J connectivity index is -0.000000000833. The monoisotopic (exact) mass is 422 g/mol. The minimum absolute atomic E-state index is 0. The molecule has 0 aliphatic heterocycles. The second-order valence-electron chi connectivity index (χ2n) is 0. The first-order chi connectivity index (χ1) is 1.00. The van der Waals surface area contributed by atoms with E-state index in [0.717, 1.165) is 0 Å². The first-order valence-electron chi connectivity index (χ1n) is 1.00. The van der Waals surface area contributed by atoms with Gasteiger partial charge in [0.1, 0.15) is 0 Å². The predicted molar refractivity (Wildman–Crippen MR) is 17.1 cm³/mol. The average molecular weight is 426 g/mol. The van der Waals surface area contributed by atoms with Crippen molar-refractivity contribution in [2.24, 2.45) is 0 Å². The zero-order valence-corrected chi connectivity index (χ0v) is 12.3. The maximum atomic E-state index is 2.00. The average Bonchev–Trinajstić information content (AvgIpc) is 1.00. The predicted octanol–water partition coefficient (Wildman–Crippen LogP) is -1.84. The second-order valence-corrected chi connectivity index (χ2v) is 0. The molecular weight excluding hydrogens is 422 g/mol. The molecule has 6 heteroatoms. The summed E-state index contributed by atoms with van der Waals surface area (Å²) >= 11 is 0. The van der Waals surface area contributed by atoms with E-state index >= 15 is 0 Å². The van der Waals surface area contributed by atoms with E-state index in [0.29, 0.717) is 0 Å². The maximum Gasteiger partial charge on any atom is 0.0643 e. The van der Waals surface area contributed by atoms with Crippen LogP contribution in [0.15, 0.2) is 0 Å². The summed E-state index contributed by atoms with van der Waals surface area (Å²) in [6, 6.07) is 0. The van der Waals surface area contributed by atoms with Gasteiger partial charge in [0, 0.05) is 116 Å². The van der Waals surface area contributed by atoms with Gasteiger partial charge in [0.15, 0.2) is 0 Å². The summed E-state index contributed by atoms with van der Waals surface area (Å²) in [5.41, 5.74) is 0. The summed E-state index contributed by atoms with van der Waals surface area (Å²) < 4.78 is 0. The SMILES string of the molecule is BB.[Fe].[Fe].[Nd].[Nd]. The van der Waals surface area contributed by atoms with Gasteiger partial charge in [-0.3, -0.25) is 0 Å². The van der Waals surface area contributed by atoms with Crippen molar-refractivity contribution in [1.29, 1.82) is 0 Å². The molecule has 0 aromatic rings. The van der Waals surface area contributed by atoms with Crippen molar-refractivity contribution in [2.45, 2.75) is 0 Å². The molecule has 0 amide bonds. The zero-order chi connectivity index (χ0) is 2.00. The Labute approximate surface area is 128 Å². The molecule has 0 saturated carbocycles. The van der Waals surface area contributed by atoms with Gasteiger partial charge in [-0.05, 0) is 0 Å². The molecule has 0 fully saturated rings. The molecule has 0 aromatic carbocycles. The fraction of sp³-hybridized carbons (Fsp3) is 0. The van der Waals surface area contributed by atoms with E-state index in [4.69, 9.17) is 0 Å². The van der Waals surface area contributed by atoms with E-state index < -0.39 is 0 Å². The van der Waals surface area contributed by atoms with Crippen LogP contribution in [0.2, 0.25) is 0 Å². The zero-order valence-electron chi connectivity index (χ0n) is 3.71. The smallest absolute Gasteiger partial charge is 0 e. The van der Waals surface area contributed by atoms with Gasteiger partial charge in [0.05, 0.1) is 15.5 Å². The van der Waals surface area contributed by atoms with E-state index in [1.54, 1.807) is 0 Å². The van der Waals surface area contributed by atoms with Crippen LogP contribution in [0.4, 0.5) is 0 Å². The Morgan fingerprint density at radius 1 is 0.667 bits per heavy atom. The summed E-state index contributed by atoms with van der Waals surface area (Å²) in [6.45, 7) is 0. The molecule has 0 aliphatic carbocycles. The summed E-state index contributed by atoms with van der Waals surface area (Å²) in [5, 5.41) is 0. The Morgan fingerprint density at radius 3 is 0.667 bits per heavy atom. The molecule has 0 aromatic heterocycles. The van der Waals surface area contributed by atoms with Crippen molar-refractivity contribution in [2.75, 3.05) is 0 Å². The van der Waals surface area contributed by atoms with Crippen LogP contribution in [0.3, 0.4) is 0 Å². The van der Waals surface area contributed by atoms with Gasteiger partial charge >= 0.3 is 0 Å². The Hall–Kier alpha value is 3.87. The van der Waals surface area contributed by atoms with Gasteiger partial charge in [-0.1, -0.05) is 0 Å². The molecule has 0 heterocycles. The summed E-state index contributed by atoms with van der Waals surface area (Å²) in [6.07, 6.45) is 0. The van der Waals surface area contributed by atoms with Crippen LogP contribution in [-0.4, -0.2) is 15.5 Å². The molecule has 6 heavy (non-hydrogen) atoms. The largest absolute Gasteiger partial charge is 0.0643 e. The van der Waals surface area contributed by atoms with E-state index in [-0.39, 0.29) is 116 Å². The van der Waals surface area contributed by atoms with Crippen molar-refractivity contribution in [1.82, 2.24) is 0 Å². The van der Waals surface area contributed by atoms with Crippen LogP contribution in [-0.2, 0) is 34.1 Å². The summed E-state index contributed by atoms with van der Waals surface area (Å²) in [5.74, 6) is 0.